The molecule has 0 aliphatic heterocycles. The molecule has 1 amide bonds. The van der Waals surface area contributed by atoms with Crippen LogP contribution in [0.1, 0.15) is 6.92 Å². The summed E-state index contributed by atoms with van der Waals surface area (Å²) in [5, 5.41) is 16.0. The van der Waals surface area contributed by atoms with Crippen LogP contribution in [0.3, 0.4) is 0 Å². The molecule has 2 heterocycles. The van der Waals surface area contributed by atoms with Gasteiger partial charge < -0.3 is 20.1 Å². The van der Waals surface area contributed by atoms with Gasteiger partial charge in [-0.2, -0.15) is 0 Å². The van der Waals surface area contributed by atoms with Gasteiger partial charge in [0.2, 0.25) is 0 Å². The number of nitrogens with zero attached hydrogens (tertiary/aromatic N) is 4. The van der Waals surface area contributed by atoms with Crippen molar-refractivity contribution in [2.45, 2.75) is 6.92 Å². The van der Waals surface area contributed by atoms with E-state index in [-0.39, 0.29) is 12.4 Å². The summed E-state index contributed by atoms with van der Waals surface area (Å²) in [6.45, 7) is 1.87. The predicted octanol–water partition coefficient (Wildman–Crippen LogP) is 4.91. The second kappa shape index (κ2) is 8.75. The van der Waals surface area contributed by atoms with E-state index in [1.165, 1.54) is 0 Å². The van der Waals surface area contributed by atoms with Gasteiger partial charge in [-0.15, -0.1) is 0 Å². The van der Waals surface area contributed by atoms with E-state index in [0.717, 1.165) is 16.2 Å². The molecule has 0 saturated carbocycles. The molecule has 0 saturated heterocycles. The van der Waals surface area contributed by atoms with Crippen molar-refractivity contribution in [1.29, 1.82) is 0 Å². The number of benzene rings is 2. The van der Waals surface area contributed by atoms with E-state index in [4.69, 9.17) is 23.2 Å². The maximum Gasteiger partial charge on any atom is 0.182 e. The minimum atomic E-state index is -1.35. The lowest BCUT2D eigenvalue weighted by Gasteiger charge is -2.23. The van der Waals surface area contributed by atoms with Crippen LogP contribution in [0.5, 0.6) is 0 Å². The fourth-order valence-electron chi connectivity index (χ4n) is 3.05. The first-order valence-corrected chi connectivity index (χ1v) is 10.1. The van der Waals surface area contributed by atoms with Crippen LogP contribution in [0.4, 0.5) is 22.0 Å². The minimum absolute atomic E-state index is 0.172. The molecule has 2 aromatic heterocycles. The molecule has 0 radical (unpaired) electrons. The molecule has 0 aliphatic carbocycles. The number of anilines is 3. The molecule has 7 nitrogen and oxygen atoms in total. The molecule has 156 valence electrons. The van der Waals surface area contributed by atoms with Crippen LogP contribution >= 0.6 is 23.2 Å². The summed E-state index contributed by atoms with van der Waals surface area (Å²) in [4.78, 5) is 26.2. The zero-order valence-corrected chi connectivity index (χ0v) is 17.9. The summed E-state index contributed by atoms with van der Waals surface area (Å²) in [5.41, 5.74) is 3.49. The van der Waals surface area contributed by atoms with Crippen LogP contribution in [0, 0.1) is 0 Å². The van der Waals surface area contributed by atoms with Gasteiger partial charge in [0.25, 0.3) is 0 Å². The Hall–Kier alpha value is -3.42. The number of carbonyl (C=O) groups excluding carboxylic acids is 1. The summed E-state index contributed by atoms with van der Waals surface area (Å²) >= 11 is 11.9. The van der Waals surface area contributed by atoms with E-state index in [1.807, 2.05) is 12.1 Å². The Morgan fingerprint density at radius 2 is 1.68 bits per heavy atom. The second-order valence-corrected chi connectivity index (χ2v) is 7.48. The van der Waals surface area contributed by atoms with Crippen molar-refractivity contribution in [3.63, 3.8) is 0 Å². The highest BCUT2D eigenvalue weighted by Crippen LogP contribution is 2.30. The molecule has 0 unspecified atom stereocenters. The molecular weight excluding hydrogens is 437 g/mol. The number of hydrogen-bond donors (Lipinski definition) is 1. The van der Waals surface area contributed by atoms with Crippen LogP contribution in [0.2, 0.25) is 10.0 Å². The number of nitrogens with one attached hydrogen (secondary N) is 1. The van der Waals surface area contributed by atoms with E-state index >= 15 is 0 Å². The van der Waals surface area contributed by atoms with Crippen LogP contribution in [0.15, 0.2) is 60.8 Å². The molecule has 31 heavy (non-hydrogen) atoms. The third-order valence-corrected chi connectivity index (χ3v) is 5.08. The average Bonchev–Trinajstić information content (AvgIpc) is 2.76. The highest BCUT2D eigenvalue weighted by molar-refractivity contribution is 6.30. The first-order chi connectivity index (χ1) is 14.9. The Labute approximate surface area is 188 Å². The second-order valence-electron chi connectivity index (χ2n) is 6.60. The average molecular weight is 453 g/mol. The SMILES string of the molecule is CCN(C(=O)[O-])c1cc(Nc2ccc(Cl)cc2)c2ncc(-c3ccc(Cl)cc3)nc2n1. The van der Waals surface area contributed by atoms with Crippen molar-refractivity contribution in [3.8, 4) is 11.3 Å². The number of carboxylic acid groups (broad SMARTS) is 1. The van der Waals surface area contributed by atoms with Gasteiger partial charge in [-0.25, -0.2) is 15.0 Å². The lowest BCUT2D eigenvalue weighted by atomic mass is 10.1. The Morgan fingerprint density at radius 3 is 2.29 bits per heavy atom. The molecule has 9 heteroatoms. The minimum Gasteiger partial charge on any atom is -0.530 e. The summed E-state index contributed by atoms with van der Waals surface area (Å²) in [7, 11) is 0. The van der Waals surface area contributed by atoms with Crippen molar-refractivity contribution in [2.24, 2.45) is 0 Å². The normalized spacial score (nSPS) is 10.8. The summed E-state index contributed by atoms with van der Waals surface area (Å²) < 4.78 is 0. The molecule has 0 bridgehead atoms. The third-order valence-electron chi connectivity index (χ3n) is 4.58. The molecule has 1 N–H and O–H groups in total. The quantitative estimate of drug-likeness (QED) is 0.462. The third kappa shape index (κ3) is 4.52. The highest BCUT2D eigenvalue weighted by atomic mass is 35.5. The Balaban J connectivity index is 1.86. The number of pyridine rings is 1. The van der Waals surface area contributed by atoms with Gasteiger partial charge in [0.05, 0.1) is 17.6 Å². The van der Waals surface area contributed by atoms with Crippen LogP contribution in [0.25, 0.3) is 22.4 Å². The van der Waals surface area contributed by atoms with Crippen molar-refractivity contribution in [3.05, 3.63) is 70.8 Å². The number of rotatable bonds is 5. The Morgan fingerprint density at radius 1 is 1.03 bits per heavy atom. The first kappa shape index (κ1) is 20.8. The van der Waals surface area contributed by atoms with Gasteiger partial charge in [0.1, 0.15) is 17.4 Å². The maximum atomic E-state index is 11.6. The van der Waals surface area contributed by atoms with E-state index in [9.17, 15) is 9.90 Å². The van der Waals surface area contributed by atoms with Crippen molar-refractivity contribution >= 4 is 57.7 Å². The van der Waals surface area contributed by atoms with E-state index < -0.39 is 6.09 Å². The smallest absolute Gasteiger partial charge is 0.182 e. The fourth-order valence-corrected chi connectivity index (χ4v) is 3.30. The monoisotopic (exact) mass is 452 g/mol. The van der Waals surface area contributed by atoms with Crippen molar-refractivity contribution < 1.29 is 9.90 Å². The number of carbonyl (C=O) groups is 1. The molecule has 0 aliphatic rings. The van der Waals surface area contributed by atoms with E-state index in [2.05, 4.69) is 20.3 Å². The molecule has 0 spiro atoms. The zero-order chi connectivity index (χ0) is 22.0. The lowest BCUT2D eigenvalue weighted by molar-refractivity contribution is -0.246. The number of hydrogen-bond acceptors (Lipinski definition) is 6. The van der Waals surface area contributed by atoms with Crippen LogP contribution < -0.4 is 15.3 Å². The van der Waals surface area contributed by atoms with Gasteiger partial charge in [0, 0.05) is 33.9 Å². The molecule has 0 fully saturated rings. The summed E-state index contributed by atoms with van der Waals surface area (Å²) in [6.07, 6.45) is 0.282. The fraction of sp³-hybridized carbons (Fsp3) is 0.0909. The highest BCUT2D eigenvalue weighted by Gasteiger charge is 2.15. The van der Waals surface area contributed by atoms with Gasteiger partial charge >= 0.3 is 0 Å². The predicted molar refractivity (Wildman–Crippen MR) is 121 cm³/mol. The Bertz CT molecular complexity index is 1250. The number of amides is 1. The van der Waals surface area contributed by atoms with Gasteiger partial charge in [-0.3, -0.25) is 0 Å². The standard InChI is InChI=1S/C22H17Cl2N5O2/c1-2-29(22(30)31)19-11-17(26-16-9-7-15(24)8-10-16)20-21(28-19)27-18(12-25-20)13-3-5-14(23)6-4-13/h3-12H,2H2,1H3,(H,30,31)(H,26,27,28)/p-1. The molecular formula is C22H16Cl2N5O2-. The van der Waals surface area contributed by atoms with Crippen LogP contribution in [-0.2, 0) is 0 Å². The van der Waals surface area contributed by atoms with Crippen LogP contribution in [-0.4, -0.2) is 27.6 Å². The molecule has 2 aromatic carbocycles. The molecule has 4 aromatic rings. The van der Waals surface area contributed by atoms with Gasteiger partial charge in [-0.1, -0.05) is 35.3 Å². The molecule has 4 rings (SSSR count). The zero-order valence-electron chi connectivity index (χ0n) is 16.3. The van der Waals surface area contributed by atoms with Crippen molar-refractivity contribution in [1.82, 2.24) is 15.0 Å². The number of halogens is 2. The van der Waals surface area contributed by atoms with Gasteiger partial charge in [-0.05, 0) is 43.3 Å². The van der Waals surface area contributed by atoms with E-state index in [0.29, 0.717) is 32.6 Å². The van der Waals surface area contributed by atoms with Gasteiger partial charge in [0.15, 0.2) is 5.65 Å². The summed E-state index contributed by atoms with van der Waals surface area (Å²) in [6, 6.07) is 15.9. The van der Waals surface area contributed by atoms with Crippen molar-refractivity contribution in [2.75, 3.05) is 16.8 Å². The lowest BCUT2D eigenvalue weighted by Crippen LogP contribution is -2.41. The summed E-state index contributed by atoms with van der Waals surface area (Å²) in [5.74, 6) is 0.189. The number of aromatic nitrogens is 3. The maximum absolute atomic E-state index is 11.6. The number of fused-ring (bicyclic) bond motifs is 1. The largest absolute Gasteiger partial charge is 0.530 e. The first-order valence-electron chi connectivity index (χ1n) is 9.39. The molecule has 0 atom stereocenters. The Kier molecular flexibility index (Phi) is 5.88. The van der Waals surface area contributed by atoms with E-state index in [1.54, 1.807) is 55.6 Å². The topological polar surface area (TPSA) is 94.1 Å².